The molecule has 6 heteroatoms. The van der Waals surface area contributed by atoms with Crippen molar-refractivity contribution in [1.29, 1.82) is 0 Å². The molecule has 0 amide bonds. The van der Waals surface area contributed by atoms with Gasteiger partial charge >= 0.3 is 0 Å². The standard InChI is InChI=1S/C19H17NO5/c21-18-11-1-2-14-19(25-9-22-14)13(11)7-20-4-3-10-5-15-16(24-8-23-15)6-12(10)17(18)20/h1-2,5-6,17-18,21H,3-4,7-9H2/t17-,18-/m0/s1. The largest absolute Gasteiger partial charge is 0.454 e. The van der Waals surface area contributed by atoms with Crippen LogP contribution in [0.15, 0.2) is 24.3 Å². The van der Waals surface area contributed by atoms with Crippen LogP contribution in [0.2, 0.25) is 0 Å². The highest BCUT2D eigenvalue weighted by molar-refractivity contribution is 5.56. The molecule has 128 valence electrons. The van der Waals surface area contributed by atoms with Crippen LogP contribution in [0.3, 0.4) is 0 Å². The number of benzene rings is 2. The van der Waals surface area contributed by atoms with Crippen LogP contribution in [0, 0.1) is 0 Å². The summed E-state index contributed by atoms with van der Waals surface area (Å²) < 4.78 is 22.2. The fraction of sp³-hybridized carbons (Fsp3) is 0.368. The molecule has 4 aliphatic heterocycles. The van der Waals surface area contributed by atoms with Gasteiger partial charge in [-0.05, 0) is 41.3 Å². The number of hydrogen-bond acceptors (Lipinski definition) is 6. The molecule has 2 aromatic carbocycles. The first-order valence-electron chi connectivity index (χ1n) is 8.55. The van der Waals surface area contributed by atoms with Crippen molar-refractivity contribution in [2.75, 3.05) is 20.1 Å². The number of fused-ring (bicyclic) bond motifs is 7. The maximum Gasteiger partial charge on any atom is 0.231 e. The maximum atomic E-state index is 11.2. The van der Waals surface area contributed by atoms with Gasteiger partial charge in [0, 0.05) is 18.7 Å². The van der Waals surface area contributed by atoms with E-state index in [1.807, 2.05) is 18.2 Å². The molecule has 25 heavy (non-hydrogen) atoms. The maximum absolute atomic E-state index is 11.2. The molecule has 0 unspecified atom stereocenters. The summed E-state index contributed by atoms with van der Waals surface area (Å²) in [6.45, 7) is 2.15. The van der Waals surface area contributed by atoms with Crippen LogP contribution in [0.4, 0.5) is 0 Å². The first kappa shape index (κ1) is 13.8. The zero-order valence-electron chi connectivity index (χ0n) is 13.5. The minimum absolute atomic E-state index is 0.0777. The number of aliphatic hydroxyl groups excluding tert-OH is 1. The van der Waals surface area contributed by atoms with Gasteiger partial charge in [0.15, 0.2) is 23.0 Å². The van der Waals surface area contributed by atoms with Crippen molar-refractivity contribution in [3.63, 3.8) is 0 Å². The van der Waals surface area contributed by atoms with Crippen LogP contribution >= 0.6 is 0 Å². The summed E-state index contributed by atoms with van der Waals surface area (Å²) in [5.41, 5.74) is 4.33. The lowest BCUT2D eigenvalue weighted by atomic mass is 9.81. The van der Waals surface area contributed by atoms with Crippen molar-refractivity contribution in [2.24, 2.45) is 0 Å². The number of nitrogens with zero attached hydrogens (tertiary/aromatic N) is 1. The molecule has 0 saturated heterocycles. The lowest BCUT2D eigenvalue weighted by Crippen LogP contribution is -2.41. The fourth-order valence-electron chi connectivity index (χ4n) is 4.50. The van der Waals surface area contributed by atoms with Gasteiger partial charge in [-0.2, -0.15) is 0 Å². The molecule has 0 spiro atoms. The summed E-state index contributed by atoms with van der Waals surface area (Å²) in [5, 5.41) is 11.2. The Labute approximate surface area is 144 Å². The van der Waals surface area contributed by atoms with Crippen molar-refractivity contribution in [1.82, 2.24) is 4.90 Å². The van der Waals surface area contributed by atoms with E-state index in [0.717, 1.165) is 59.2 Å². The summed E-state index contributed by atoms with van der Waals surface area (Å²) in [7, 11) is 0. The van der Waals surface area contributed by atoms with E-state index in [1.54, 1.807) is 0 Å². The summed E-state index contributed by atoms with van der Waals surface area (Å²) in [5.74, 6) is 3.13. The summed E-state index contributed by atoms with van der Waals surface area (Å²) in [4.78, 5) is 2.32. The number of rotatable bonds is 0. The Morgan fingerprint density at radius 2 is 1.72 bits per heavy atom. The molecule has 4 heterocycles. The van der Waals surface area contributed by atoms with Crippen LogP contribution in [0.25, 0.3) is 0 Å². The molecule has 4 aliphatic rings. The van der Waals surface area contributed by atoms with Crippen molar-refractivity contribution in [2.45, 2.75) is 25.1 Å². The monoisotopic (exact) mass is 339 g/mol. The fourth-order valence-corrected chi connectivity index (χ4v) is 4.50. The Balaban J connectivity index is 1.49. The van der Waals surface area contributed by atoms with E-state index in [1.165, 1.54) is 5.56 Å². The number of hydrogen-bond donors (Lipinski definition) is 1. The van der Waals surface area contributed by atoms with Crippen molar-refractivity contribution in [3.05, 3.63) is 46.5 Å². The average Bonchev–Trinajstić information content (AvgIpc) is 3.28. The molecular weight excluding hydrogens is 322 g/mol. The van der Waals surface area contributed by atoms with Gasteiger partial charge in [-0.3, -0.25) is 4.90 Å². The number of aliphatic hydroxyl groups is 1. The molecule has 0 bridgehead atoms. The predicted octanol–water partition coefficient (Wildman–Crippen LogP) is 2.29. The molecule has 0 fully saturated rings. The lowest BCUT2D eigenvalue weighted by molar-refractivity contribution is 0.0196. The van der Waals surface area contributed by atoms with Gasteiger partial charge in [0.05, 0.1) is 12.1 Å². The van der Waals surface area contributed by atoms with Crippen LogP contribution in [-0.4, -0.2) is 30.1 Å². The van der Waals surface area contributed by atoms with Crippen molar-refractivity contribution >= 4 is 0 Å². The zero-order chi connectivity index (χ0) is 16.5. The van der Waals surface area contributed by atoms with Gasteiger partial charge in [-0.15, -0.1) is 0 Å². The molecule has 0 saturated carbocycles. The normalized spacial score (nSPS) is 25.3. The van der Waals surface area contributed by atoms with E-state index >= 15 is 0 Å². The summed E-state index contributed by atoms with van der Waals surface area (Å²) in [6.07, 6.45) is 0.314. The smallest absolute Gasteiger partial charge is 0.231 e. The Hall–Kier alpha value is -2.44. The molecular formula is C19H17NO5. The Bertz CT molecular complexity index is 896. The molecule has 2 aromatic rings. The molecule has 6 nitrogen and oxygen atoms in total. The van der Waals surface area contributed by atoms with Gasteiger partial charge in [0.2, 0.25) is 13.6 Å². The van der Waals surface area contributed by atoms with E-state index in [0.29, 0.717) is 0 Å². The van der Waals surface area contributed by atoms with Crippen molar-refractivity contribution in [3.8, 4) is 23.0 Å². The minimum atomic E-state index is -0.613. The second-order valence-electron chi connectivity index (χ2n) is 6.88. The molecule has 2 atom stereocenters. The van der Waals surface area contributed by atoms with Gasteiger partial charge in [0.1, 0.15) is 0 Å². The predicted molar refractivity (Wildman–Crippen MR) is 86.9 cm³/mol. The van der Waals surface area contributed by atoms with E-state index in [2.05, 4.69) is 11.0 Å². The Morgan fingerprint density at radius 1 is 0.920 bits per heavy atom. The van der Waals surface area contributed by atoms with Gasteiger partial charge in [-0.1, -0.05) is 6.07 Å². The van der Waals surface area contributed by atoms with E-state index in [-0.39, 0.29) is 19.6 Å². The van der Waals surface area contributed by atoms with E-state index in [9.17, 15) is 5.11 Å². The van der Waals surface area contributed by atoms with Gasteiger partial charge < -0.3 is 24.1 Å². The summed E-state index contributed by atoms with van der Waals surface area (Å²) >= 11 is 0. The van der Waals surface area contributed by atoms with E-state index in [4.69, 9.17) is 18.9 Å². The highest BCUT2D eigenvalue weighted by atomic mass is 16.7. The third-order valence-corrected chi connectivity index (χ3v) is 5.67. The van der Waals surface area contributed by atoms with Crippen LogP contribution in [0.1, 0.15) is 34.4 Å². The quantitative estimate of drug-likeness (QED) is 0.795. The molecule has 6 rings (SSSR count). The highest BCUT2D eigenvalue weighted by Crippen LogP contribution is 2.51. The van der Waals surface area contributed by atoms with Crippen molar-refractivity contribution < 1.29 is 24.1 Å². The molecule has 0 radical (unpaired) electrons. The first-order valence-corrected chi connectivity index (χ1v) is 8.55. The second kappa shape index (κ2) is 4.80. The molecule has 0 aromatic heterocycles. The SMILES string of the molecule is O[C@H]1c2ccc3c(c2CN2CCc4cc5c(cc4[C@@H]12)OCO5)OCO3. The molecule has 0 aliphatic carbocycles. The highest BCUT2D eigenvalue weighted by Gasteiger charge is 2.41. The number of ether oxygens (including phenoxy) is 4. The second-order valence-corrected chi connectivity index (χ2v) is 6.88. The average molecular weight is 339 g/mol. The Morgan fingerprint density at radius 3 is 2.64 bits per heavy atom. The topological polar surface area (TPSA) is 60.4 Å². The lowest BCUT2D eigenvalue weighted by Gasteiger charge is -2.44. The van der Waals surface area contributed by atoms with Crippen LogP contribution in [0.5, 0.6) is 23.0 Å². The Kier molecular flexibility index (Phi) is 2.65. The zero-order valence-corrected chi connectivity index (χ0v) is 13.5. The first-order chi connectivity index (χ1) is 12.3. The summed E-state index contributed by atoms with van der Waals surface area (Å²) in [6, 6.07) is 7.88. The van der Waals surface area contributed by atoms with Gasteiger partial charge in [0.25, 0.3) is 0 Å². The third-order valence-electron chi connectivity index (χ3n) is 5.67. The van der Waals surface area contributed by atoms with Gasteiger partial charge in [-0.25, -0.2) is 0 Å². The third kappa shape index (κ3) is 1.81. The van der Waals surface area contributed by atoms with E-state index < -0.39 is 6.10 Å². The minimum Gasteiger partial charge on any atom is -0.454 e. The van der Waals surface area contributed by atoms with Crippen LogP contribution < -0.4 is 18.9 Å². The van der Waals surface area contributed by atoms with Crippen LogP contribution in [-0.2, 0) is 13.0 Å². The molecule has 1 N–H and O–H groups in total.